The summed E-state index contributed by atoms with van der Waals surface area (Å²) in [6.45, 7) is 2.22. The number of hydrogen-bond donors (Lipinski definition) is 2. The van der Waals surface area contributed by atoms with Gasteiger partial charge < -0.3 is 15.2 Å². The lowest BCUT2D eigenvalue weighted by Gasteiger charge is -2.27. The normalized spacial score (nSPS) is 18.3. The van der Waals surface area contributed by atoms with Crippen molar-refractivity contribution >= 4 is 27.6 Å². The molecule has 86 valence electrons. The van der Waals surface area contributed by atoms with E-state index in [9.17, 15) is 9.18 Å². The SMILES string of the molecule is C[C@H]1COc2c(Br)c(F)cc(C(=O)O)c2N1. The zero-order valence-electron chi connectivity index (χ0n) is 8.38. The quantitative estimate of drug-likeness (QED) is 0.834. The van der Waals surface area contributed by atoms with Crippen molar-refractivity contribution in [1.29, 1.82) is 0 Å². The molecule has 0 saturated heterocycles. The molecule has 1 aliphatic heterocycles. The van der Waals surface area contributed by atoms with Crippen LogP contribution in [0.5, 0.6) is 5.75 Å². The molecule has 2 N–H and O–H groups in total. The van der Waals surface area contributed by atoms with E-state index in [1.165, 1.54) is 0 Å². The number of carboxylic acids is 1. The van der Waals surface area contributed by atoms with Crippen molar-refractivity contribution < 1.29 is 19.0 Å². The molecule has 1 aliphatic rings. The van der Waals surface area contributed by atoms with Gasteiger partial charge in [-0.3, -0.25) is 0 Å². The maximum atomic E-state index is 13.4. The summed E-state index contributed by atoms with van der Waals surface area (Å²) in [5, 5.41) is 11.9. The standard InChI is InChI=1S/C10H9BrFNO3/c1-4-3-16-9-7(11)6(12)2-5(10(14)15)8(9)13-4/h2,4,13H,3H2,1H3,(H,14,15)/t4-/m0/s1. The van der Waals surface area contributed by atoms with E-state index in [2.05, 4.69) is 21.2 Å². The Morgan fingerprint density at radius 2 is 2.44 bits per heavy atom. The number of carboxylic acid groups (broad SMARTS) is 1. The molecule has 2 rings (SSSR count). The number of aromatic carboxylic acids is 1. The Labute approximate surface area is 99.5 Å². The van der Waals surface area contributed by atoms with E-state index in [1.54, 1.807) is 0 Å². The molecule has 16 heavy (non-hydrogen) atoms. The Bertz CT molecular complexity index is 464. The first kappa shape index (κ1) is 11.2. The third-order valence-corrected chi connectivity index (χ3v) is 3.01. The summed E-state index contributed by atoms with van der Waals surface area (Å²) >= 11 is 3.04. The van der Waals surface area contributed by atoms with Crippen LogP contribution in [0, 0.1) is 5.82 Å². The lowest BCUT2D eigenvalue weighted by molar-refractivity contribution is 0.0696. The van der Waals surface area contributed by atoms with Crippen molar-refractivity contribution in [2.24, 2.45) is 0 Å². The van der Waals surface area contributed by atoms with Gasteiger partial charge in [0, 0.05) is 0 Å². The van der Waals surface area contributed by atoms with E-state index < -0.39 is 11.8 Å². The third-order valence-electron chi connectivity index (χ3n) is 2.28. The molecule has 1 aromatic carbocycles. The predicted octanol–water partition coefficient (Wildman–Crippen LogP) is 2.48. The van der Waals surface area contributed by atoms with E-state index in [0.29, 0.717) is 12.3 Å². The van der Waals surface area contributed by atoms with E-state index >= 15 is 0 Å². The van der Waals surface area contributed by atoms with Gasteiger partial charge >= 0.3 is 5.97 Å². The minimum atomic E-state index is -1.19. The molecular weight excluding hydrogens is 281 g/mol. The van der Waals surface area contributed by atoms with Gasteiger partial charge in [-0.15, -0.1) is 0 Å². The number of anilines is 1. The van der Waals surface area contributed by atoms with Crippen molar-refractivity contribution in [2.75, 3.05) is 11.9 Å². The van der Waals surface area contributed by atoms with Crippen LogP contribution in [0.4, 0.5) is 10.1 Å². The average molecular weight is 290 g/mol. The van der Waals surface area contributed by atoms with Crippen molar-refractivity contribution in [3.05, 3.63) is 21.9 Å². The molecule has 4 nitrogen and oxygen atoms in total. The number of rotatable bonds is 1. The van der Waals surface area contributed by atoms with Crippen LogP contribution in [0.15, 0.2) is 10.5 Å². The summed E-state index contributed by atoms with van der Waals surface area (Å²) in [6, 6.07) is 0.961. The minimum absolute atomic E-state index is 0.0111. The number of fused-ring (bicyclic) bond motifs is 1. The Balaban J connectivity index is 2.64. The largest absolute Gasteiger partial charge is 0.488 e. The topological polar surface area (TPSA) is 58.6 Å². The lowest BCUT2D eigenvalue weighted by Crippen LogP contribution is -2.30. The molecule has 0 unspecified atom stereocenters. The summed E-state index contributed by atoms with van der Waals surface area (Å²) in [5.41, 5.74) is 0.196. The highest BCUT2D eigenvalue weighted by atomic mass is 79.9. The smallest absolute Gasteiger partial charge is 0.338 e. The van der Waals surface area contributed by atoms with Crippen LogP contribution in [-0.2, 0) is 0 Å². The molecule has 6 heteroatoms. The van der Waals surface area contributed by atoms with Gasteiger partial charge in [-0.05, 0) is 28.9 Å². The van der Waals surface area contributed by atoms with Crippen molar-refractivity contribution in [2.45, 2.75) is 13.0 Å². The summed E-state index contributed by atoms with van der Waals surface area (Å²) in [6.07, 6.45) is 0. The van der Waals surface area contributed by atoms with Crippen LogP contribution >= 0.6 is 15.9 Å². The molecule has 0 saturated carbocycles. The van der Waals surface area contributed by atoms with Crippen molar-refractivity contribution in [1.82, 2.24) is 0 Å². The van der Waals surface area contributed by atoms with E-state index in [0.717, 1.165) is 6.07 Å². The number of hydrogen-bond acceptors (Lipinski definition) is 3. The molecule has 0 aliphatic carbocycles. The van der Waals surface area contributed by atoms with Gasteiger partial charge in [0.05, 0.1) is 21.8 Å². The first-order chi connectivity index (χ1) is 7.50. The third kappa shape index (κ3) is 1.73. The molecule has 1 aromatic rings. The first-order valence-corrected chi connectivity index (χ1v) is 5.44. The fraction of sp³-hybridized carbons (Fsp3) is 0.300. The van der Waals surface area contributed by atoms with Crippen LogP contribution in [0.1, 0.15) is 17.3 Å². The van der Waals surface area contributed by atoms with E-state index in [-0.39, 0.29) is 21.8 Å². The number of benzene rings is 1. The van der Waals surface area contributed by atoms with Gasteiger partial charge in [0.1, 0.15) is 12.4 Å². The lowest BCUT2D eigenvalue weighted by atomic mass is 10.1. The molecule has 0 fully saturated rings. The zero-order valence-corrected chi connectivity index (χ0v) is 9.97. The molecule has 0 amide bonds. The molecule has 0 bridgehead atoms. The first-order valence-electron chi connectivity index (χ1n) is 4.65. The highest BCUT2D eigenvalue weighted by Crippen LogP contribution is 2.40. The average Bonchev–Trinajstić information content (AvgIpc) is 2.22. The van der Waals surface area contributed by atoms with Gasteiger partial charge in [-0.2, -0.15) is 0 Å². The zero-order chi connectivity index (χ0) is 11.9. The van der Waals surface area contributed by atoms with Crippen LogP contribution in [0.25, 0.3) is 0 Å². The highest BCUT2D eigenvalue weighted by molar-refractivity contribution is 9.10. The maximum Gasteiger partial charge on any atom is 0.338 e. The summed E-state index contributed by atoms with van der Waals surface area (Å²) in [7, 11) is 0. The Kier molecular flexibility index (Phi) is 2.75. The van der Waals surface area contributed by atoms with E-state index in [4.69, 9.17) is 9.84 Å². The van der Waals surface area contributed by atoms with Crippen molar-refractivity contribution in [3.8, 4) is 5.75 Å². The number of nitrogens with one attached hydrogen (secondary N) is 1. The second kappa shape index (κ2) is 3.93. The van der Waals surface area contributed by atoms with Crippen LogP contribution in [-0.4, -0.2) is 23.7 Å². The molecule has 1 atom stereocenters. The number of carbonyl (C=O) groups is 1. The fourth-order valence-electron chi connectivity index (χ4n) is 1.55. The van der Waals surface area contributed by atoms with Gasteiger partial charge in [0.2, 0.25) is 0 Å². The Morgan fingerprint density at radius 3 is 3.06 bits per heavy atom. The van der Waals surface area contributed by atoms with Crippen LogP contribution in [0.3, 0.4) is 0 Å². The van der Waals surface area contributed by atoms with Crippen molar-refractivity contribution in [3.63, 3.8) is 0 Å². The van der Waals surface area contributed by atoms with Gasteiger partial charge in [0.15, 0.2) is 5.75 Å². The van der Waals surface area contributed by atoms with Crippen LogP contribution < -0.4 is 10.1 Å². The molecule has 0 radical (unpaired) electrons. The highest BCUT2D eigenvalue weighted by Gasteiger charge is 2.26. The fourth-order valence-corrected chi connectivity index (χ4v) is 1.97. The van der Waals surface area contributed by atoms with Crippen LogP contribution in [0.2, 0.25) is 0 Å². The Morgan fingerprint density at radius 1 is 1.75 bits per heavy atom. The number of halogens is 2. The molecule has 1 heterocycles. The Hall–Kier alpha value is -1.30. The van der Waals surface area contributed by atoms with Gasteiger partial charge in [-0.1, -0.05) is 0 Å². The summed E-state index contributed by atoms with van der Waals surface area (Å²) in [4.78, 5) is 11.0. The van der Waals surface area contributed by atoms with Gasteiger partial charge in [0.25, 0.3) is 0 Å². The minimum Gasteiger partial charge on any atom is -0.488 e. The monoisotopic (exact) mass is 289 g/mol. The van der Waals surface area contributed by atoms with E-state index in [1.807, 2.05) is 6.92 Å². The summed E-state index contributed by atoms with van der Waals surface area (Å²) in [5.74, 6) is -1.61. The molecule has 0 spiro atoms. The predicted molar refractivity (Wildman–Crippen MR) is 59.6 cm³/mol. The second-order valence-electron chi connectivity index (χ2n) is 3.59. The maximum absolute atomic E-state index is 13.4. The summed E-state index contributed by atoms with van der Waals surface area (Å²) < 4.78 is 18.9. The van der Waals surface area contributed by atoms with Gasteiger partial charge in [-0.25, -0.2) is 9.18 Å². The molecule has 0 aromatic heterocycles. The molecular formula is C10H9BrFNO3. The second-order valence-corrected chi connectivity index (χ2v) is 4.38. The number of ether oxygens (including phenoxy) is 1.